The smallest absolute Gasteiger partial charge is 0.314 e. The lowest BCUT2D eigenvalue weighted by atomic mass is 9.79. The van der Waals surface area contributed by atoms with Gasteiger partial charge in [0.15, 0.2) is 17.4 Å². The Morgan fingerprint density at radius 1 is 1.04 bits per heavy atom. The fourth-order valence-corrected chi connectivity index (χ4v) is 5.01. The molecule has 2 aromatic rings. The standard InChI is InChI=1S/C30H33N7O8/c1-18(36-13-6-5-10-20(16-36)31-29(43)21-11-7-12-22(27(21)41)30(44)45)28(42)32-23(15-26(39)40)24(38)17-37-25(33-34-35-37)14-19-8-3-2-4-9-19/h2-6,8-10,13,16,18,21-23H,7,11-12,14-15,17H2,1H3,(H,31,43)(H,32,42)(H,39,40)(H,44,45)/t18?,21?,22?,23-/m0/s1. The number of hydrogen-bond acceptors (Lipinski definition) is 10. The van der Waals surface area contributed by atoms with E-state index in [-0.39, 0.29) is 25.1 Å². The van der Waals surface area contributed by atoms with E-state index in [0.717, 1.165) is 5.56 Å². The topological polar surface area (TPSA) is 214 Å². The Morgan fingerprint density at radius 3 is 2.49 bits per heavy atom. The first kappa shape index (κ1) is 32.4. The number of amides is 2. The lowest BCUT2D eigenvalue weighted by Gasteiger charge is -2.27. The molecular weight excluding hydrogens is 586 g/mol. The van der Waals surface area contributed by atoms with Crippen molar-refractivity contribution < 1.29 is 39.0 Å². The van der Waals surface area contributed by atoms with Crippen molar-refractivity contribution in [3.05, 3.63) is 78.0 Å². The second kappa shape index (κ2) is 14.8. The summed E-state index contributed by atoms with van der Waals surface area (Å²) in [6.07, 6.45) is 8.19. The normalized spacial score (nSPS) is 19.2. The first-order chi connectivity index (χ1) is 21.5. The minimum atomic E-state index is -1.39. The molecule has 45 heavy (non-hydrogen) atoms. The Morgan fingerprint density at radius 2 is 1.78 bits per heavy atom. The van der Waals surface area contributed by atoms with E-state index in [2.05, 4.69) is 26.2 Å². The lowest BCUT2D eigenvalue weighted by Crippen LogP contribution is -2.50. The third kappa shape index (κ3) is 8.55. The Bertz CT molecular complexity index is 1550. The summed E-state index contributed by atoms with van der Waals surface area (Å²) in [5.74, 6) is -7.09. The number of carbonyl (C=O) groups excluding carboxylic acids is 4. The van der Waals surface area contributed by atoms with Crippen molar-refractivity contribution in [1.82, 2.24) is 35.7 Å². The number of allylic oxidation sites excluding steroid dienone is 3. The summed E-state index contributed by atoms with van der Waals surface area (Å²) in [6.45, 7) is 1.15. The van der Waals surface area contributed by atoms with Crippen LogP contribution in [-0.4, -0.2) is 82.7 Å². The molecule has 15 nitrogen and oxygen atoms in total. The van der Waals surface area contributed by atoms with E-state index in [0.29, 0.717) is 18.7 Å². The van der Waals surface area contributed by atoms with Gasteiger partial charge in [-0.3, -0.25) is 28.8 Å². The second-order valence-electron chi connectivity index (χ2n) is 10.7. The van der Waals surface area contributed by atoms with Crippen LogP contribution in [0.15, 0.2) is 66.7 Å². The van der Waals surface area contributed by atoms with E-state index in [9.17, 15) is 39.0 Å². The molecule has 0 spiro atoms. The highest BCUT2D eigenvalue weighted by molar-refractivity contribution is 6.10. The monoisotopic (exact) mass is 619 g/mol. The number of benzene rings is 1. The predicted molar refractivity (Wildman–Crippen MR) is 156 cm³/mol. The fourth-order valence-electron chi connectivity index (χ4n) is 5.01. The summed E-state index contributed by atoms with van der Waals surface area (Å²) in [6, 6.07) is 6.96. The summed E-state index contributed by atoms with van der Waals surface area (Å²) in [5, 5.41) is 35.3. The molecule has 1 fully saturated rings. The highest BCUT2D eigenvalue weighted by Crippen LogP contribution is 2.26. The number of Topliss-reactive ketones (excluding diaryl/α,β-unsaturated/α-hetero) is 2. The minimum absolute atomic E-state index is 0.181. The van der Waals surface area contributed by atoms with Gasteiger partial charge in [-0.2, -0.15) is 0 Å². The third-order valence-electron chi connectivity index (χ3n) is 7.52. The predicted octanol–water partition coefficient (Wildman–Crippen LogP) is 0.594. The Labute approximate surface area is 257 Å². The Balaban J connectivity index is 1.42. The molecule has 1 aliphatic carbocycles. The zero-order valence-corrected chi connectivity index (χ0v) is 24.4. The van der Waals surface area contributed by atoms with Crippen LogP contribution in [0.4, 0.5) is 0 Å². The summed E-state index contributed by atoms with van der Waals surface area (Å²) in [5.41, 5.74) is 1.14. The molecule has 1 saturated carbocycles. The second-order valence-corrected chi connectivity index (χ2v) is 10.7. The molecule has 0 radical (unpaired) electrons. The molecular formula is C30H33N7O8. The van der Waals surface area contributed by atoms with Crippen molar-refractivity contribution in [3.63, 3.8) is 0 Å². The van der Waals surface area contributed by atoms with Gasteiger partial charge in [0.2, 0.25) is 11.8 Å². The molecule has 4 N–H and O–H groups in total. The number of nitrogens with one attached hydrogen (secondary N) is 2. The van der Waals surface area contributed by atoms with Crippen LogP contribution in [0.1, 0.15) is 44.0 Å². The van der Waals surface area contributed by atoms with Gasteiger partial charge in [-0.25, -0.2) is 4.68 Å². The van der Waals surface area contributed by atoms with E-state index in [1.807, 2.05) is 30.3 Å². The molecule has 2 aliphatic rings. The van der Waals surface area contributed by atoms with Gasteiger partial charge in [0.1, 0.15) is 18.5 Å². The number of ketones is 2. The highest BCUT2D eigenvalue weighted by atomic mass is 16.4. The highest BCUT2D eigenvalue weighted by Gasteiger charge is 2.39. The summed E-state index contributed by atoms with van der Waals surface area (Å²) in [4.78, 5) is 76.4. The van der Waals surface area contributed by atoms with Crippen LogP contribution in [0.25, 0.3) is 0 Å². The van der Waals surface area contributed by atoms with Crippen molar-refractivity contribution in [2.45, 2.75) is 57.7 Å². The van der Waals surface area contributed by atoms with Gasteiger partial charge in [-0.1, -0.05) is 42.8 Å². The summed E-state index contributed by atoms with van der Waals surface area (Å²) < 4.78 is 1.26. The van der Waals surface area contributed by atoms with Gasteiger partial charge in [0, 0.05) is 18.8 Å². The van der Waals surface area contributed by atoms with Crippen LogP contribution in [0, 0.1) is 11.8 Å². The summed E-state index contributed by atoms with van der Waals surface area (Å²) >= 11 is 0. The number of nitrogens with zero attached hydrogens (tertiary/aromatic N) is 5. The van der Waals surface area contributed by atoms with Gasteiger partial charge in [-0.15, -0.1) is 5.10 Å². The summed E-state index contributed by atoms with van der Waals surface area (Å²) in [7, 11) is 0. The van der Waals surface area contributed by atoms with Gasteiger partial charge in [0.05, 0.1) is 24.1 Å². The first-order valence-corrected chi connectivity index (χ1v) is 14.3. The molecule has 15 heteroatoms. The molecule has 2 heterocycles. The van der Waals surface area contributed by atoms with Gasteiger partial charge in [0.25, 0.3) is 0 Å². The van der Waals surface area contributed by atoms with Crippen LogP contribution in [-0.2, 0) is 41.7 Å². The third-order valence-corrected chi connectivity index (χ3v) is 7.52. The molecule has 0 bridgehead atoms. The molecule has 1 aliphatic heterocycles. The quantitative estimate of drug-likeness (QED) is 0.227. The molecule has 236 valence electrons. The van der Waals surface area contributed by atoms with Gasteiger partial charge < -0.3 is 25.7 Å². The SMILES string of the molecule is CC(C(=O)N[C@@H](CC(=O)O)C(=O)Cn1nnnc1Cc1ccccc1)N1C=CC=CC(NC(=O)C2CCCC(C(=O)O)C2=O)=C1. The average molecular weight is 620 g/mol. The molecule has 4 atom stereocenters. The average Bonchev–Trinajstić information content (AvgIpc) is 3.29. The lowest BCUT2D eigenvalue weighted by molar-refractivity contribution is -0.150. The van der Waals surface area contributed by atoms with Gasteiger partial charge in [-0.05, 0) is 47.9 Å². The molecule has 0 saturated heterocycles. The van der Waals surface area contributed by atoms with Crippen LogP contribution in [0.2, 0.25) is 0 Å². The number of carboxylic acid groups (broad SMARTS) is 2. The van der Waals surface area contributed by atoms with Crippen LogP contribution < -0.4 is 10.6 Å². The first-order valence-electron chi connectivity index (χ1n) is 14.3. The number of tetrazole rings is 1. The van der Waals surface area contributed by atoms with Crippen molar-refractivity contribution in [3.8, 4) is 0 Å². The number of carbonyl (C=O) groups is 6. The molecule has 1 aromatic heterocycles. The van der Waals surface area contributed by atoms with Crippen molar-refractivity contribution >= 4 is 35.3 Å². The maximum Gasteiger partial charge on any atom is 0.314 e. The van der Waals surface area contributed by atoms with E-state index in [1.54, 1.807) is 12.2 Å². The largest absolute Gasteiger partial charge is 0.481 e. The maximum atomic E-state index is 13.3. The zero-order valence-electron chi connectivity index (χ0n) is 24.4. The van der Waals surface area contributed by atoms with E-state index >= 15 is 0 Å². The van der Waals surface area contributed by atoms with E-state index < -0.39 is 65.7 Å². The van der Waals surface area contributed by atoms with Crippen LogP contribution >= 0.6 is 0 Å². The molecule has 4 rings (SSSR count). The number of aliphatic carboxylic acids is 2. The molecule has 3 unspecified atom stereocenters. The molecule has 2 amide bonds. The van der Waals surface area contributed by atoms with Crippen LogP contribution in [0.3, 0.4) is 0 Å². The Hall–Kier alpha value is -5.47. The fraction of sp³-hybridized carbons (Fsp3) is 0.367. The zero-order chi connectivity index (χ0) is 32.5. The van der Waals surface area contributed by atoms with Crippen molar-refractivity contribution in [1.29, 1.82) is 0 Å². The number of hydrogen-bond donors (Lipinski definition) is 4. The van der Waals surface area contributed by atoms with Crippen molar-refractivity contribution in [2.24, 2.45) is 11.8 Å². The minimum Gasteiger partial charge on any atom is -0.481 e. The number of aromatic nitrogens is 4. The van der Waals surface area contributed by atoms with E-state index in [1.165, 1.54) is 35.0 Å². The van der Waals surface area contributed by atoms with Crippen molar-refractivity contribution in [2.75, 3.05) is 0 Å². The Kier molecular flexibility index (Phi) is 10.7. The van der Waals surface area contributed by atoms with Gasteiger partial charge >= 0.3 is 11.9 Å². The molecule has 1 aromatic carbocycles. The van der Waals surface area contributed by atoms with Crippen LogP contribution in [0.5, 0.6) is 0 Å². The number of rotatable bonds is 13. The maximum absolute atomic E-state index is 13.3. The van der Waals surface area contributed by atoms with E-state index in [4.69, 9.17) is 0 Å². The number of carboxylic acids is 2.